The number of likely N-dealkylation sites (tertiary alicyclic amines) is 1. The summed E-state index contributed by atoms with van der Waals surface area (Å²) in [6.07, 6.45) is 8.08. The SMILES string of the molecule is CN=C(NCCCn1nc(C)cc1C)N1CCC2(CCCC2)C1. The van der Waals surface area contributed by atoms with Gasteiger partial charge in [-0.2, -0.15) is 5.10 Å². The van der Waals surface area contributed by atoms with Crippen LogP contribution in [0.2, 0.25) is 0 Å². The molecule has 1 saturated heterocycles. The van der Waals surface area contributed by atoms with Crippen molar-refractivity contribution in [2.24, 2.45) is 10.4 Å². The van der Waals surface area contributed by atoms with Crippen LogP contribution in [0.25, 0.3) is 0 Å². The third kappa shape index (κ3) is 3.70. The van der Waals surface area contributed by atoms with Gasteiger partial charge in [0.05, 0.1) is 5.69 Å². The average Bonchev–Trinajstić information content (AvgIpc) is 3.23. The average molecular weight is 317 g/mol. The van der Waals surface area contributed by atoms with Crippen LogP contribution in [0.1, 0.15) is 49.9 Å². The van der Waals surface area contributed by atoms with Gasteiger partial charge in [0.2, 0.25) is 0 Å². The zero-order valence-electron chi connectivity index (χ0n) is 14.9. The Morgan fingerprint density at radius 1 is 1.30 bits per heavy atom. The lowest BCUT2D eigenvalue weighted by atomic mass is 9.86. The number of aromatic nitrogens is 2. The Balaban J connectivity index is 1.44. The molecule has 128 valence electrons. The van der Waals surface area contributed by atoms with Crippen molar-refractivity contribution >= 4 is 5.96 Å². The van der Waals surface area contributed by atoms with E-state index in [0.717, 1.165) is 37.7 Å². The maximum Gasteiger partial charge on any atom is 0.193 e. The van der Waals surface area contributed by atoms with E-state index in [0.29, 0.717) is 5.41 Å². The van der Waals surface area contributed by atoms with Crippen molar-refractivity contribution in [3.8, 4) is 0 Å². The van der Waals surface area contributed by atoms with E-state index in [1.54, 1.807) is 0 Å². The maximum absolute atomic E-state index is 4.52. The van der Waals surface area contributed by atoms with Gasteiger partial charge in [-0.25, -0.2) is 0 Å². The summed E-state index contributed by atoms with van der Waals surface area (Å²) in [5, 5.41) is 8.07. The molecular weight excluding hydrogens is 286 g/mol. The molecule has 0 amide bonds. The zero-order valence-corrected chi connectivity index (χ0v) is 14.9. The number of aryl methyl sites for hydroxylation is 3. The molecule has 0 bridgehead atoms. The van der Waals surface area contributed by atoms with Crippen LogP contribution >= 0.6 is 0 Å². The minimum absolute atomic E-state index is 0.599. The number of nitrogens with zero attached hydrogens (tertiary/aromatic N) is 4. The quantitative estimate of drug-likeness (QED) is 0.528. The minimum atomic E-state index is 0.599. The first-order valence-electron chi connectivity index (χ1n) is 9.09. The van der Waals surface area contributed by atoms with Gasteiger partial charge in [-0.15, -0.1) is 0 Å². The van der Waals surface area contributed by atoms with E-state index in [-0.39, 0.29) is 0 Å². The van der Waals surface area contributed by atoms with E-state index in [1.807, 2.05) is 7.05 Å². The molecule has 0 unspecified atom stereocenters. The van der Waals surface area contributed by atoms with Gasteiger partial charge in [-0.05, 0) is 51.0 Å². The summed E-state index contributed by atoms with van der Waals surface area (Å²) in [5.41, 5.74) is 2.95. The minimum Gasteiger partial charge on any atom is -0.356 e. The van der Waals surface area contributed by atoms with Gasteiger partial charge in [0.15, 0.2) is 5.96 Å². The highest BCUT2D eigenvalue weighted by atomic mass is 15.3. The van der Waals surface area contributed by atoms with Crippen molar-refractivity contribution in [2.45, 2.75) is 58.9 Å². The summed E-state index contributed by atoms with van der Waals surface area (Å²) in [7, 11) is 1.91. The molecule has 1 N–H and O–H groups in total. The summed E-state index contributed by atoms with van der Waals surface area (Å²) < 4.78 is 2.10. The van der Waals surface area contributed by atoms with Crippen molar-refractivity contribution in [1.82, 2.24) is 20.0 Å². The van der Waals surface area contributed by atoms with Crippen LogP contribution in [0.5, 0.6) is 0 Å². The van der Waals surface area contributed by atoms with Gasteiger partial charge >= 0.3 is 0 Å². The van der Waals surface area contributed by atoms with Crippen LogP contribution in [0.15, 0.2) is 11.1 Å². The maximum atomic E-state index is 4.52. The van der Waals surface area contributed by atoms with Crippen LogP contribution in [-0.4, -0.2) is 47.3 Å². The smallest absolute Gasteiger partial charge is 0.193 e. The summed E-state index contributed by atoms with van der Waals surface area (Å²) >= 11 is 0. The monoisotopic (exact) mass is 317 g/mol. The highest BCUT2D eigenvalue weighted by Gasteiger charge is 2.40. The molecule has 1 spiro atoms. The molecular formula is C18H31N5. The van der Waals surface area contributed by atoms with Crippen molar-refractivity contribution < 1.29 is 0 Å². The predicted molar refractivity (Wildman–Crippen MR) is 94.8 cm³/mol. The van der Waals surface area contributed by atoms with E-state index < -0.39 is 0 Å². The molecule has 1 aliphatic carbocycles. The summed E-state index contributed by atoms with van der Waals surface area (Å²) in [6.45, 7) is 8.46. The second-order valence-electron chi connectivity index (χ2n) is 7.36. The summed E-state index contributed by atoms with van der Waals surface area (Å²) in [6, 6.07) is 2.14. The topological polar surface area (TPSA) is 45.5 Å². The Labute approximate surface area is 140 Å². The van der Waals surface area contributed by atoms with Gasteiger partial charge in [0.25, 0.3) is 0 Å². The lowest BCUT2D eigenvalue weighted by Gasteiger charge is -2.26. The van der Waals surface area contributed by atoms with Crippen LogP contribution < -0.4 is 5.32 Å². The van der Waals surface area contributed by atoms with Crippen molar-refractivity contribution in [3.63, 3.8) is 0 Å². The van der Waals surface area contributed by atoms with Gasteiger partial charge < -0.3 is 10.2 Å². The number of aliphatic imine (C=N–C) groups is 1. The van der Waals surface area contributed by atoms with Crippen molar-refractivity contribution in [2.75, 3.05) is 26.7 Å². The molecule has 23 heavy (non-hydrogen) atoms. The molecule has 5 heteroatoms. The van der Waals surface area contributed by atoms with Crippen molar-refractivity contribution in [1.29, 1.82) is 0 Å². The fourth-order valence-electron chi connectivity index (χ4n) is 4.31. The molecule has 1 aromatic heterocycles. The normalized spacial score (nSPS) is 20.7. The second-order valence-corrected chi connectivity index (χ2v) is 7.36. The fraction of sp³-hybridized carbons (Fsp3) is 0.778. The standard InChI is InChI=1S/C18H31N5/c1-15-13-16(2)23(21-15)11-6-10-20-17(19-3)22-12-9-18(14-22)7-4-5-8-18/h13H,4-12,14H2,1-3H3,(H,19,20). The summed E-state index contributed by atoms with van der Waals surface area (Å²) in [4.78, 5) is 6.97. The Morgan fingerprint density at radius 3 is 2.74 bits per heavy atom. The molecule has 2 aliphatic rings. The van der Waals surface area contributed by atoms with E-state index in [4.69, 9.17) is 0 Å². The number of nitrogens with one attached hydrogen (secondary N) is 1. The first-order chi connectivity index (χ1) is 11.1. The third-order valence-corrected chi connectivity index (χ3v) is 5.55. The molecule has 1 saturated carbocycles. The van der Waals surface area contributed by atoms with Crippen LogP contribution in [0.3, 0.4) is 0 Å². The van der Waals surface area contributed by atoms with E-state index in [1.165, 1.54) is 44.3 Å². The lowest BCUT2D eigenvalue weighted by Crippen LogP contribution is -2.41. The molecule has 0 radical (unpaired) electrons. The number of hydrogen-bond acceptors (Lipinski definition) is 2. The van der Waals surface area contributed by atoms with E-state index in [9.17, 15) is 0 Å². The predicted octanol–water partition coefficient (Wildman–Crippen LogP) is 2.73. The molecule has 0 aromatic carbocycles. The Bertz CT molecular complexity index is 554. The van der Waals surface area contributed by atoms with Gasteiger partial charge in [0.1, 0.15) is 0 Å². The third-order valence-electron chi connectivity index (χ3n) is 5.55. The van der Waals surface area contributed by atoms with Gasteiger partial charge in [-0.3, -0.25) is 9.67 Å². The molecule has 5 nitrogen and oxygen atoms in total. The Morgan fingerprint density at radius 2 is 2.09 bits per heavy atom. The van der Waals surface area contributed by atoms with Crippen molar-refractivity contribution in [3.05, 3.63) is 17.5 Å². The van der Waals surface area contributed by atoms with Crippen LogP contribution in [0.4, 0.5) is 0 Å². The largest absolute Gasteiger partial charge is 0.356 e. The molecule has 1 aliphatic heterocycles. The van der Waals surface area contributed by atoms with Gasteiger partial charge in [-0.1, -0.05) is 12.8 Å². The van der Waals surface area contributed by atoms with E-state index >= 15 is 0 Å². The lowest BCUT2D eigenvalue weighted by molar-refractivity contribution is 0.309. The highest BCUT2D eigenvalue weighted by Crippen LogP contribution is 2.45. The van der Waals surface area contributed by atoms with Gasteiger partial charge in [0, 0.05) is 38.9 Å². The molecule has 2 fully saturated rings. The van der Waals surface area contributed by atoms with Crippen LogP contribution in [0, 0.1) is 19.3 Å². The Hall–Kier alpha value is -1.52. The number of rotatable bonds is 4. The number of guanidine groups is 1. The first kappa shape index (κ1) is 16.3. The number of hydrogen-bond donors (Lipinski definition) is 1. The zero-order chi connectivity index (χ0) is 16.3. The molecule has 1 aromatic rings. The summed E-state index contributed by atoms with van der Waals surface area (Å²) in [5.74, 6) is 1.09. The van der Waals surface area contributed by atoms with Crippen LogP contribution in [-0.2, 0) is 6.54 Å². The first-order valence-corrected chi connectivity index (χ1v) is 9.09. The molecule has 2 heterocycles. The molecule has 3 rings (SSSR count). The van der Waals surface area contributed by atoms with E-state index in [2.05, 4.69) is 44.9 Å². The fourth-order valence-corrected chi connectivity index (χ4v) is 4.31. The molecule has 0 atom stereocenters. The second kappa shape index (κ2) is 6.93. The highest BCUT2D eigenvalue weighted by molar-refractivity contribution is 5.80. The Kier molecular flexibility index (Phi) is 4.93.